The summed E-state index contributed by atoms with van der Waals surface area (Å²) in [5.74, 6) is 0.124. The van der Waals surface area contributed by atoms with Crippen LogP contribution in [0.5, 0.6) is 0 Å². The molecule has 0 spiro atoms. The number of carbonyl (C=O) groups is 1. The van der Waals surface area contributed by atoms with Crippen molar-refractivity contribution in [2.24, 2.45) is 0 Å². The van der Waals surface area contributed by atoms with Crippen molar-refractivity contribution >= 4 is 5.97 Å². The van der Waals surface area contributed by atoms with E-state index in [1.165, 1.54) is 12.8 Å². The van der Waals surface area contributed by atoms with Crippen LogP contribution in [0.2, 0.25) is 0 Å². The summed E-state index contributed by atoms with van der Waals surface area (Å²) in [5, 5.41) is 8.97. The first-order chi connectivity index (χ1) is 8.16. The van der Waals surface area contributed by atoms with Crippen molar-refractivity contribution in [2.45, 2.75) is 45.2 Å². The van der Waals surface area contributed by atoms with Crippen LogP contribution in [0.1, 0.15) is 37.0 Å². The topological polar surface area (TPSA) is 53.7 Å². The van der Waals surface area contributed by atoms with Crippen molar-refractivity contribution in [3.63, 3.8) is 0 Å². The van der Waals surface area contributed by atoms with Crippen molar-refractivity contribution in [1.82, 2.24) is 4.90 Å². The summed E-state index contributed by atoms with van der Waals surface area (Å²) in [6.45, 7) is 2.70. The quantitative estimate of drug-likeness (QED) is 0.854. The van der Waals surface area contributed by atoms with Crippen LogP contribution in [-0.2, 0) is 11.3 Å². The molecular formula is C13H19NO3. The highest BCUT2D eigenvalue weighted by atomic mass is 16.4. The first kappa shape index (κ1) is 12.2. The van der Waals surface area contributed by atoms with E-state index in [-0.39, 0.29) is 6.54 Å². The van der Waals surface area contributed by atoms with Gasteiger partial charge in [-0.15, -0.1) is 0 Å². The lowest BCUT2D eigenvalue weighted by molar-refractivity contribution is -0.139. The number of aryl methyl sites for hydroxylation is 1. The molecule has 94 valence electrons. The molecule has 1 aliphatic carbocycles. The van der Waals surface area contributed by atoms with Crippen molar-refractivity contribution in [3.8, 4) is 0 Å². The zero-order valence-electron chi connectivity index (χ0n) is 10.2. The van der Waals surface area contributed by atoms with Crippen LogP contribution in [0.25, 0.3) is 0 Å². The van der Waals surface area contributed by atoms with E-state index < -0.39 is 5.97 Å². The van der Waals surface area contributed by atoms with Gasteiger partial charge >= 0.3 is 5.97 Å². The molecule has 0 saturated heterocycles. The standard InChI is InChI=1S/C13H19NO3/c1-10-6-7-17-12(10)8-14(9-13(15)16)11-4-2-3-5-11/h6-7,11H,2-5,8-9H2,1H3,(H,15,16). The molecule has 1 saturated carbocycles. The molecule has 2 rings (SSSR count). The largest absolute Gasteiger partial charge is 0.480 e. The molecule has 1 aromatic heterocycles. The minimum absolute atomic E-state index is 0.102. The molecule has 0 amide bonds. The molecule has 0 aliphatic heterocycles. The molecule has 4 heteroatoms. The van der Waals surface area contributed by atoms with Gasteiger partial charge in [-0.25, -0.2) is 0 Å². The summed E-state index contributed by atoms with van der Waals surface area (Å²) in [4.78, 5) is 12.9. The Morgan fingerprint density at radius 2 is 2.24 bits per heavy atom. The Bertz CT molecular complexity index is 380. The molecule has 0 atom stereocenters. The second-order valence-corrected chi connectivity index (χ2v) is 4.76. The van der Waals surface area contributed by atoms with Crippen LogP contribution >= 0.6 is 0 Å². The van der Waals surface area contributed by atoms with Gasteiger partial charge in [-0.2, -0.15) is 0 Å². The molecule has 1 N–H and O–H groups in total. The summed E-state index contributed by atoms with van der Waals surface area (Å²) in [7, 11) is 0. The number of carboxylic acids is 1. The lowest BCUT2D eigenvalue weighted by Crippen LogP contribution is -2.37. The van der Waals surface area contributed by atoms with E-state index in [1.807, 2.05) is 17.9 Å². The number of furan rings is 1. The first-order valence-corrected chi connectivity index (χ1v) is 6.15. The van der Waals surface area contributed by atoms with Crippen LogP contribution in [-0.4, -0.2) is 28.6 Å². The maximum absolute atomic E-state index is 10.9. The number of nitrogens with zero attached hydrogens (tertiary/aromatic N) is 1. The zero-order chi connectivity index (χ0) is 12.3. The summed E-state index contributed by atoms with van der Waals surface area (Å²) < 4.78 is 5.40. The summed E-state index contributed by atoms with van der Waals surface area (Å²) in [6.07, 6.45) is 6.29. The third-order valence-corrected chi connectivity index (χ3v) is 3.49. The third-order valence-electron chi connectivity index (χ3n) is 3.49. The van der Waals surface area contributed by atoms with E-state index in [0.717, 1.165) is 24.2 Å². The summed E-state index contributed by atoms with van der Waals surface area (Å²) in [6, 6.07) is 2.32. The Balaban J connectivity index is 2.04. The molecule has 1 heterocycles. The maximum Gasteiger partial charge on any atom is 0.317 e. The Hall–Kier alpha value is -1.29. The van der Waals surface area contributed by atoms with E-state index in [9.17, 15) is 4.79 Å². The highest BCUT2D eigenvalue weighted by Gasteiger charge is 2.25. The normalized spacial score (nSPS) is 16.8. The number of aliphatic carboxylic acids is 1. The smallest absolute Gasteiger partial charge is 0.317 e. The van der Waals surface area contributed by atoms with Gasteiger partial charge < -0.3 is 9.52 Å². The van der Waals surface area contributed by atoms with Gasteiger partial charge in [-0.3, -0.25) is 9.69 Å². The fourth-order valence-electron chi connectivity index (χ4n) is 2.51. The van der Waals surface area contributed by atoms with Crippen LogP contribution in [0.4, 0.5) is 0 Å². The molecule has 1 aliphatic rings. The van der Waals surface area contributed by atoms with Gasteiger partial charge in [0.05, 0.1) is 19.4 Å². The lowest BCUT2D eigenvalue weighted by Gasteiger charge is -2.26. The second kappa shape index (κ2) is 5.36. The average molecular weight is 237 g/mol. The fourth-order valence-corrected chi connectivity index (χ4v) is 2.51. The predicted octanol–water partition coefficient (Wildman–Crippen LogP) is 2.42. The maximum atomic E-state index is 10.9. The van der Waals surface area contributed by atoms with E-state index in [0.29, 0.717) is 12.6 Å². The zero-order valence-corrected chi connectivity index (χ0v) is 10.2. The van der Waals surface area contributed by atoms with Gasteiger partial charge in [0.25, 0.3) is 0 Å². The van der Waals surface area contributed by atoms with Crippen LogP contribution < -0.4 is 0 Å². The van der Waals surface area contributed by atoms with Gasteiger partial charge in [-0.1, -0.05) is 12.8 Å². The number of carboxylic acid groups (broad SMARTS) is 1. The van der Waals surface area contributed by atoms with E-state index in [1.54, 1.807) is 6.26 Å². The average Bonchev–Trinajstić information content (AvgIpc) is 2.89. The SMILES string of the molecule is Cc1ccoc1CN(CC(=O)O)C1CCCC1. The van der Waals surface area contributed by atoms with Crippen LogP contribution in [0.15, 0.2) is 16.7 Å². The molecule has 0 bridgehead atoms. The van der Waals surface area contributed by atoms with Crippen molar-refractivity contribution < 1.29 is 14.3 Å². The second-order valence-electron chi connectivity index (χ2n) is 4.76. The van der Waals surface area contributed by atoms with Crippen molar-refractivity contribution in [3.05, 3.63) is 23.7 Å². The Morgan fingerprint density at radius 1 is 1.53 bits per heavy atom. The van der Waals surface area contributed by atoms with E-state index in [4.69, 9.17) is 9.52 Å². The van der Waals surface area contributed by atoms with Gasteiger partial charge in [0.2, 0.25) is 0 Å². The monoisotopic (exact) mass is 237 g/mol. The summed E-state index contributed by atoms with van der Waals surface area (Å²) in [5.41, 5.74) is 1.10. The number of hydrogen-bond donors (Lipinski definition) is 1. The molecular weight excluding hydrogens is 218 g/mol. The van der Waals surface area contributed by atoms with E-state index >= 15 is 0 Å². The summed E-state index contributed by atoms with van der Waals surface area (Å²) >= 11 is 0. The molecule has 17 heavy (non-hydrogen) atoms. The number of hydrogen-bond acceptors (Lipinski definition) is 3. The minimum atomic E-state index is -0.763. The van der Waals surface area contributed by atoms with Gasteiger partial charge in [0.1, 0.15) is 5.76 Å². The highest BCUT2D eigenvalue weighted by molar-refractivity contribution is 5.69. The first-order valence-electron chi connectivity index (χ1n) is 6.15. The Morgan fingerprint density at radius 3 is 2.76 bits per heavy atom. The predicted molar refractivity (Wildman–Crippen MR) is 63.7 cm³/mol. The lowest BCUT2D eigenvalue weighted by atomic mass is 10.2. The third kappa shape index (κ3) is 3.09. The van der Waals surface area contributed by atoms with Gasteiger partial charge in [0.15, 0.2) is 0 Å². The van der Waals surface area contributed by atoms with Gasteiger partial charge in [-0.05, 0) is 31.4 Å². The minimum Gasteiger partial charge on any atom is -0.480 e. The van der Waals surface area contributed by atoms with Gasteiger partial charge in [0, 0.05) is 6.04 Å². The number of rotatable bonds is 5. The molecule has 1 fully saturated rings. The molecule has 4 nitrogen and oxygen atoms in total. The van der Waals surface area contributed by atoms with Crippen molar-refractivity contribution in [1.29, 1.82) is 0 Å². The molecule has 1 aromatic rings. The molecule has 0 aromatic carbocycles. The highest BCUT2D eigenvalue weighted by Crippen LogP contribution is 2.25. The molecule has 0 radical (unpaired) electrons. The van der Waals surface area contributed by atoms with Crippen molar-refractivity contribution in [2.75, 3.05) is 6.54 Å². The molecule has 0 unspecified atom stereocenters. The van der Waals surface area contributed by atoms with Crippen LogP contribution in [0.3, 0.4) is 0 Å². The van der Waals surface area contributed by atoms with E-state index in [2.05, 4.69) is 0 Å². The van der Waals surface area contributed by atoms with Crippen LogP contribution in [0, 0.1) is 6.92 Å². The Labute approximate surface area is 101 Å². The Kier molecular flexibility index (Phi) is 3.84. The fraction of sp³-hybridized carbons (Fsp3) is 0.615.